The number of carbonyl (C=O) groups excluding carboxylic acids is 1. The molecular weight excluding hydrogens is 200 g/mol. The van der Waals surface area contributed by atoms with E-state index in [1.807, 2.05) is 19.4 Å². The normalized spacial score (nSPS) is 24.9. The first kappa shape index (κ1) is 11.4. The monoisotopic (exact) mass is 220 g/mol. The van der Waals surface area contributed by atoms with Crippen LogP contribution in [-0.2, 0) is 18.3 Å². The van der Waals surface area contributed by atoms with Gasteiger partial charge in [-0.3, -0.25) is 9.48 Å². The van der Waals surface area contributed by atoms with E-state index in [0.717, 1.165) is 12.8 Å². The van der Waals surface area contributed by atoms with Gasteiger partial charge in [-0.2, -0.15) is 5.10 Å². The maximum absolute atomic E-state index is 12.0. The van der Waals surface area contributed by atoms with Crippen LogP contribution in [0.5, 0.6) is 0 Å². The Labute approximate surface area is 96.8 Å². The van der Waals surface area contributed by atoms with Crippen molar-refractivity contribution < 1.29 is 4.79 Å². The molecule has 1 aliphatic carbocycles. The van der Waals surface area contributed by atoms with Crippen molar-refractivity contribution in [2.24, 2.45) is 18.9 Å². The van der Waals surface area contributed by atoms with Gasteiger partial charge in [0, 0.05) is 25.6 Å². The third-order valence-electron chi connectivity index (χ3n) is 3.69. The zero-order chi connectivity index (χ0) is 11.5. The van der Waals surface area contributed by atoms with Gasteiger partial charge in [0.2, 0.25) is 0 Å². The van der Waals surface area contributed by atoms with Gasteiger partial charge in [-0.05, 0) is 30.7 Å². The van der Waals surface area contributed by atoms with Crippen LogP contribution < -0.4 is 0 Å². The quantitative estimate of drug-likeness (QED) is 0.780. The van der Waals surface area contributed by atoms with Crippen LogP contribution in [-0.4, -0.2) is 15.6 Å². The number of hydrogen-bond acceptors (Lipinski definition) is 2. The summed E-state index contributed by atoms with van der Waals surface area (Å²) in [7, 11) is 1.91. The molecule has 1 fully saturated rings. The number of hydrogen-bond donors (Lipinski definition) is 0. The number of aryl methyl sites for hydroxylation is 2. The van der Waals surface area contributed by atoms with Crippen molar-refractivity contribution in [1.82, 2.24) is 9.78 Å². The lowest BCUT2D eigenvalue weighted by Crippen LogP contribution is -2.17. The first-order valence-corrected chi connectivity index (χ1v) is 6.17. The summed E-state index contributed by atoms with van der Waals surface area (Å²) in [6, 6.07) is 0. The fourth-order valence-electron chi connectivity index (χ4n) is 2.68. The SMILES string of the molecule is CC1CCCC1C(=O)CCc1cnn(C)c1. The van der Waals surface area contributed by atoms with Crippen LogP contribution in [0.1, 0.15) is 38.2 Å². The lowest BCUT2D eigenvalue weighted by Gasteiger charge is -2.13. The van der Waals surface area contributed by atoms with Gasteiger partial charge >= 0.3 is 0 Å². The van der Waals surface area contributed by atoms with Crippen molar-refractivity contribution in [3.63, 3.8) is 0 Å². The van der Waals surface area contributed by atoms with Gasteiger partial charge in [0.05, 0.1) is 6.20 Å². The molecule has 1 aromatic rings. The van der Waals surface area contributed by atoms with Crippen LogP contribution in [0, 0.1) is 11.8 Å². The Morgan fingerprint density at radius 3 is 2.94 bits per heavy atom. The Kier molecular flexibility index (Phi) is 3.42. The smallest absolute Gasteiger partial charge is 0.136 e. The minimum absolute atomic E-state index is 0.330. The zero-order valence-electron chi connectivity index (χ0n) is 10.1. The van der Waals surface area contributed by atoms with E-state index in [1.54, 1.807) is 4.68 Å². The maximum Gasteiger partial charge on any atom is 0.136 e. The molecule has 3 nitrogen and oxygen atoms in total. The molecule has 3 heteroatoms. The largest absolute Gasteiger partial charge is 0.299 e. The molecule has 0 aliphatic heterocycles. The number of nitrogens with zero attached hydrogens (tertiary/aromatic N) is 2. The summed E-state index contributed by atoms with van der Waals surface area (Å²) >= 11 is 0. The molecule has 0 radical (unpaired) electrons. The van der Waals surface area contributed by atoms with E-state index >= 15 is 0 Å². The zero-order valence-corrected chi connectivity index (χ0v) is 10.1. The molecule has 2 atom stereocenters. The summed E-state index contributed by atoms with van der Waals surface area (Å²) in [5, 5.41) is 4.11. The molecule has 1 aromatic heterocycles. The van der Waals surface area contributed by atoms with Crippen LogP contribution in [0.4, 0.5) is 0 Å². The van der Waals surface area contributed by atoms with E-state index in [-0.39, 0.29) is 0 Å². The summed E-state index contributed by atoms with van der Waals surface area (Å²) < 4.78 is 1.79. The number of rotatable bonds is 4. The van der Waals surface area contributed by atoms with E-state index in [2.05, 4.69) is 12.0 Å². The van der Waals surface area contributed by atoms with E-state index < -0.39 is 0 Å². The highest BCUT2D eigenvalue weighted by Gasteiger charge is 2.28. The highest BCUT2D eigenvalue weighted by Crippen LogP contribution is 2.32. The summed E-state index contributed by atoms with van der Waals surface area (Å²) in [6.45, 7) is 2.21. The molecule has 16 heavy (non-hydrogen) atoms. The minimum atomic E-state index is 0.330. The average molecular weight is 220 g/mol. The van der Waals surface area contributed by atoms with E-state index in [4.69, 9.17) is 0 Å². The number of ketones is 1. The lowest BCUT2D eigenvalue weighted by molar-refractivity contribution is -0.123. The Morgan fingerprint density at radius 1 is 1.56 bits per heavy atom. The van der Waals surface area contributed by atoms with Crippen molar-refractivity contribution in [2.45, 2.75) is 39.0 Å². The first-order valence-electron chi connectivity index (χ1n) is 6.17. The van der Waals surface area contributed by atoms with E-state index in [1.165, 1.54) is 18.4 Å². The number of Topliss-reactive ketones (excluding diaryl/α,β-unsaturated/α-hetero) is 1. The Hall–Kier alpha value is -1.12. The second-order valence-electron chi connectivity index (χ2n) is 5.00. The van der Waals surface area contributed by atoms with Gasteiger partial charge in [-0.1, -0.05) is 13.3 Å². The topological polar surface area (TPSA) is 34.9 Å². The second-order valence-corrected chi connectivity index (χ2v) is 5.00. The van der Waals surface area contributed by atoms with E-state index in [9.17, 15) is 4.79 Å². The maximum atomic E-state index is 12.0. The molecule has 2 unspecified atom stereocenters. The van der Waals surface area contributed by atoms with Crippen LogP contribution >= 0.6 is 0 Å². The lowest BCUT2D eigenvalue weighted by atomic mass is 9.91. The van der Waals surface area contributed by atoms with Crippen LogP contribution in [0.3, 0.4) is 0 Å². The molecule has 0 N–H and O–H groups in total. The second kappa shape index (κ2) is 4.81. The van der Waals surface area contributed by atoms with Crippen molar-refractivity contribution in [3.05, 3.63) is 18.0 Å². The minimum Gasteiger partial charge on any atom is -0.299 e. The van der Waals surface area contributed by atoms with Crippen LogP contribution in [0.2, 0.25) is 0 Å². The van der Waals surface area contributed by atoms with Gasteiger partial charge in [0.1, 0.15) is 5.78 Å². The van der Waals surface area contributed by atoms with Gasteiger partial charge in [0.15, 0.2) is 0 Å². The Morgan fingerprint density at radius 2 is 2.38 bits per heavy atom. The fourth-order valence-corrected chi connectivity index (χ4v) is 2.68. The fraction of sp³-hybridized carbons (Fsp3) is 0.692. The van der Waals surface area contributed by atoms with Crippen molar-refractivity contribution in [1.29, 1.82) is 0 Å². The molecule has 2 rings (SSSR count). The Balaban J connectivity index is 1.83. The molecule has 0 spiro atoms. The molecule has 0 amide bonds. The van der Waals surface area contributed by atoms with Crippen molar-refractivity contribution in [2.75, 3.05) is 0 Å². The highest BCUT2D eigenvalue weighted by atomic mass is 16.1. The third kappa shape index (κ3) is 2.52. The van der Waals surface area contributed by atoms with Crippen molar-refractivity contribution >= 4 is 5.78 Å². The number of carbonyl (C=O) groups is 1. The molecule has 1 saturated carbocycles. The standard InChI is InChI=1S/C13H20N2O/c1-10-4-3-5-12(10)13(16)7-6-11-8-14-15(2)9-11/h8-10,12H,3-7H2,1-2H3. The predicted molar refractivity (Wildman–Crippen MR) is 63.0 cm³/mol. The van der Waals surface area contributed by atoms with Crippen molar-refractivity contribution in [3.8, 4) is 0 Å². The van der Waals surface area contributed by atoms with Gasteiger partial charge in [-0.15, -0.1) is 0 Å². The first-order chi connectivity index (χ1) is 7.66. The third-order valence-corrected chi connectivity index (χ3v) is 3.69. The summed E-state index contributed by atoms with van der Waals surface area (Å²) in [6.07, 6.45) is 8.92. The van der Waals surface area contributed by atoms with Crippen LogP contribution in [0.15, 0.2) is 12.4 Å². The molecule has 0 saturated heterocycles. The molecule has 1 aliphatic rings. The van der Waals surface area contributed by atoms with E-state index in [0.29, 0.717) is 24.0 Å². The molecule has 0 aromatic carbocycles. The highest BCUT2D eigenvalue weighted by molar-refractivity contribution is 5.81. The predicted octanol–water partition coefficient (Wildman–Crippen LogP) is 2.36. The molecule has 1 heterocycles. The molecule has 0 bridgehead atoms. The van der Waals surface area contributed by atoms with Gasteiger partial charge < -0.3 is 0 Å². The van der Waals surface area contributed by atoms with Crippen LogP contribution in [0.25, 0.3) is 0 Å². The summed E-state index contributed by atoms with van der Waals surface area (Å²) in [5.41, 5.74) is 1.17. The molecular formula is C13H20N2O. The average Bonchev–Trinajstić information content (AvgIpc) is 2.84. The summed E-state index contributed by atoms with van der Waals surface area (Å²) in [4.78, 5) is 12.0. The summed E-state index contributed by atoms with van der Waals surface area (Å²) in [5.74, 6) is 1.38. The molecule has 88 valence electrons. The van der Waals surface area contributed by atoms with Gasteiger partial charge in [0.25, 0.3) is 0 Å². The number of aromatic nitrogens is 2. The van der Waals surface area contributed by atoms with Gasteiger partial charge in [-0.25, -0.2) is 0 Å². The Bertz CT molecular complexity index is 370.